The molecule has 2 aromatic rings. The molecule has 0 atom stereocenters. The summed E-state index contributed by atoms with van der Waals surface area (Å²) in [6.07, 6.45) is 4.00. The molecule has 2 heterocycles. The summed E-state index contributed by atoms with van der Waals surface area (Å²) in [6, 6.07) is 14.9. The highest BCUT2D eigenvalue weighted by molar-refractivity contribution is 7.99. The number of likely N-dealkylation sites (N-methyl/N-ethyl adjacent to an activating group) is 1. The number of fused-ring (bicyclic) bond motifs is 2. The van der Waals surface area contributed by atoms with E-state index in [4.69, 9.17) is 0 Å². The first-order valence-electron chi connectivity index (χ1n) is 7.52. The van der Waals surface area contributed by atoms with Crippen molar-refractivity contribution in [2.75, 3.05) is 18.4 Å². The van der Waals surface area contributed by atoms with E-state index in [1.807, 2.05) is 18.0 Å². The first-order valence-corrected chi connectivity index (χ1v) is 8.33. The van der Waals surface area contributed by atoms with E-state index in [1.54, 1.807) is 0 Å². The molecule has 0 saturated carbocycles. The summed E-state index contributed by atoms with van der Waals surface area (Å²) < 4.78 is 0. The molecule has 3 nitrogen and oxygen atoms in total. The molecule has 0 radical (unpaired) electrons. The van der Waals surface area contributed by atoms with Crippen molar-refractivity contribution < 1.29 is 0 Å². The van der Waals surface area contributed by atoms with Gasteiger partial charge in [0.1, 0.15) is 5.84 Å². The average Bonchev–Trinajstić information content (AvgIpc) is 2.59. The Bertz CT molecular complexity index is 780. The predicted octanol–water partition coefficient (Wildman–Crippen LogP) is 4.49. The van der Waals surface area contributed by atoms with Gasteiger partial charge < -0.3 is 10.2 Å². The van der Waals surface area contributed by atoms with Crippen LogP contribution in [0.2, 0.25) is 0 Å². The zero-order valence-corrected chi connectivity index (χ0v) is 13.2. The molecule has 4 heteroatoms. The third kappa shape index (κ3) is 2.20. The number of rotatable bonds is 2. The Morgan fingerprint density at radius 1 is 1.14 bits per heavy atom. The van der Waals surface area contributed by atoms with Crippen molar-refractivity contribution in [3.8, 4) is 0 Å². The lowest BCUT2D eigenvalue weighted by molar-refractivity contribution is 0.483. The van der Waals surface area contributed by atoms with E-state index in [9.17, 15) is 0 Å². The van der Waals surface area contributed by atoms with Crippen LogP contribution in [0.4, 0.5) is 11.4 Å². The van der Waals surface area contributed by atoms with Crippen molar-refractivity contribution in [3.63, 3.8) is 0 Å². The zero-order valence-electron chi connectivity index (χ0n) is 12.4. The third-order valence-electron chi connectivity index (χ3n) is 3.94. The zero-order chi connectivity index (χ0) is 14.9. The summed E-state index contributed by atoms with van der Waals surface area (Å²) in [7, 11) is 0. The molecule has 22 heavy (non-hydrogen) atoms. The Labute approximate surface area is 134 Å². The van der Waals surface area contributed by atoms with Crippen LogP contribution in [0.25, 0.3) is 0 Å². The Balaban J connectivity index is 1.81. The number of aliphatic imine (C=N–C) groups is 1. The molecular formula is C18H17N3S. The lowest BCUT2D eigenvalue weighted by atomic mass is 10.1. The second-order valence-corrected chi connectivity index (χ2v) is 6.36. The van der Waals surface area contributed by atoms with Gasteiger partial charge in [-0.25, -0.2) is 4.99 Å². The number of anilines is 2. The van der Waals surface area contributed by atoms with Gasteiger partial charge in [0.05, 0.1) is 11.4 Å². The minimum absolute atomic E-state index is 0.919. The maximum absolute atomic E-state index is 4.63. The summed E-state index contributed by atoms with van der Waals surface area (Å²) in [6.45, 7) is 4.04. The molecule has 0 aliphatic carbocycles. The summed E-state index contributed by atoms with van der Waals surface area (Å²) in [5.41, 5.74) is 3.51. The van der Waals surface area contributed by atoms with Gasteiger partial charge in [0, 0.05) is 34.6 Å². The van der Waals surface area contributed by atoms with Gasteiger partial charge in [-0.3, -0.25) is 0 Å². The number of benzene rings is 2. The Morgan fingerprint density at radius 2 is 2.00 bits per heavy atom. The largest absolute Gasteiger partial charge is 0.353 e. The van der Waals surface area contributed by atoms with Crippen molar-refractivity contribution in [2.24, 2.45) is 4.99 Å². The first-order chi connectivity index (χ1) is 10.9. The Morgan fingerprint density at radius 3 is 2.91 bits per heavy atom. The van der Waals surface area contributed by atoms with Crippen LogP contribution in [0.5, 0.6) is 0 Å². The average molecular weight is 307 g/mol. The van der Waals surface area contributed by atoms with E-state index in [1.165, 1.54) is 26.7 Å². The maximum atomic E-state index is 4.63. The molecule has 2 aromatic carbocycles. The van der Waals surface area contributed by atoms with E-state index in [0.29, 0.717) is 0 Å². The highest BCUT2D eigenvalue weighted by Gasteiger charge is 2.22. The highest BCUT2D eigenvalue weighted by Crippen LogP contribution is 2.45. The summed E-state index contributed by atoms with van der Waals surface area (Å²) in [4.78, 5) is 9.45. The number of para-hydroxylation sites is 2. The summed E-state index contributed by atoms with van der Waals surface area (Å²) >= 11 is 1.82. The van der Waals surface area contributed by atoms with Gasteiger partial charge in [-0.1, -0.05) is 30.0 Å². The quantitative estimate of drug-likeness (QED) is 0.756. The van der Waals surface area contributed by atoms with Crippen molar-refractivity contribution in [2.45, 2.75) is 16.7 Å². The van der Waals surface area contributed by atoms with Crippen LogP contribution >= 0.6 is 11.8 Å². The fourth-order valence-corrected chi connectivity index (χ4v) is 3.85. The van der Waals surface area contributed by atoms with Crippen LogP contribution in [0.1, 0.15) is 12.5 Å². The normalized spacial score (nSPS) is 15.7. The molecule has 4 rings (SSSR count). The smallest absolute Gasteiger partial charge is 0.138 e. The minimum Gasteiger partial charge on any atom is -0.353 e. The van der Waals surface area contributed by atoms with Crippen molar-refractivity contribution in [1.29, 1.82) is 0 Å². The van der Waals surface area contributed by atoms with Gasteiger partial charge >= 0.3 is 0 Å². The maximum Gasteiger partial charge on any atom is 0.138 e. The van der Waals surface area contributed by atoms with Crippen molar-refractivity contribution >= 4 is 29.0 Å². The van der Waals surface area contributed by atoms with Crippen molar-refractivity contribution in [3.05, 3.63) is 60.3 Å². The van der Waals surface area contributed by atoms with Gasteiger partial charge in [-0.05, 0) is 37.3 Å². The molecule has 0 saturated heterocycles. The monoisotopic (exact) mass is 307 g/mol. The van der Waals surface area contributed by atoms with Gasteiger partial charge in [0.15, 0.2) is 0 Å². The lowest BCUT2D eigenvalue weighted by Gasteiger charge is -2.29. The molecule has 0 spiro atoms. The van der Waals surface area contributed by atoms with Crippen LogP contribution in [-0.4, -0.2) is 23.8 Å². The topological polar surface area (TPSA) is 27.6 Å². The summed E-state index contributed by atoms with van der Waals surface area (Å²) in [5.74, 6) is 1.05. The molecule has 2 aliphatic heterocycles. The SMILES string of the molecule is CCN1CC=CN=C1c1cccc2c1Nc1ccccc1S2. The van der Waals surface area contributed by atoms with Crippen LogP contribution in [0.3, 0.4) is 0 Å². The number of amidine groups is 1. The van der Waals surface area contributed by atoms with Gasteiger partial charge in [-0.2, -0.15) is 0 Å². The van der Waals surface area contributed by atoms with E-state index in [0.717, 1.165) is 18.9 Å². The van der Waals surface area contributed by atoms with E-state index >= 15 is 0 Å². The molecule has 0 unspecified atom stereocenters. The molecule has 2 aliphatic rings. The molecule has 110 valence electrons. The molecule has 1 N–H and O–H groups in total. The van der Waals surface area contributed by atoms with E-state index in [2.05, 4.69) is 70.7 Å². The Kier molecular flexibility index (Phi) is 3.39. The van der Waals surface area contributed by atoms with E-state index in [-0.39, 0.29) is 0 Å². The summed E-state index contributed by atoms with van der Waals surface area (Å²) in [5, 5.41) is 3.60. The van der Waals surface area contributed by atoms with Crippen LogP contribution in [0.15, 0.2) is 69.5 Å². The first kappa shape index (κ1) is 13.5. The number of nitrogens with zero attached hydrogens (tertiary/aromatic N) is 2. The van der Waals surface area contributed by atoms with Gasteiger partial charge in [0.25, 0.3) is 0 Å². The fourth-order valence-electron chi connectivity index (χ4n) is 2.83. The van der Waals surface area contributed by atoms with Crippen LogP contribution < -0.4 is 5.32 Å². The Hall–Kier alpha value is -2.20. The minimum atomic E-state index is 0.919. The lowest BCUT2D eigenvalue weighted by Crippen LogP contribution is -2.33. The van der Waals surface area contributed by atoms with E-state index < -0.39 is 0 Å². The highest BCUT2D eigenvalue weighted by atomic mass is 32.2. The van der Waals surface area contributed by atoms with Crippen molar-refractivity contribution in [1.82, 2.24) is 4.90 Å². The van der Waals surface area contributed by atoms with Crippen LogP contribution in [0, 0.1) is 0 Å². The number of hydrogen-bond donors (Lipinski definition) is 1. The predicted molar refractivity (Wildman–Crippen MR) is 93.2 cm³/mol. The number of nitrogens with one attached hydrogen (secondary N) is 1. The fraction of sp³-hybridized carbons (Fsp3) is 0.167. The van der Waals surface area contributed by atoms with Gasteiger partial charge in [0.2, 0.25) is 0 Å². The van der Waals surface area contributed by atoms with Gasteiger partial charge in [-0.15, -0.1) is 0 Å². The second kappa shape index (κ2) is 5.54. The molecule has 0 aromatic heterocycles. The third-order valence-corrected chi connectivity index (χ3v) is 5.08. The number of hydrogen-bond acceptors (Lipinski definition) is 4. The van der Waals surface area contributed by atoms with Crippen LogP contribution in [-0.2, 0) is 0 Å². The molecule has 0 bridgehead atoms. The molecular weight excluding hydrogens is 290 g/mol. The molecule has 0 amide bonds. The second-order valence-electron chi connectivity index (χ2n) is 5.28. The standard InChI is InChI=1S/C18H17N3S/c1-2-21-12-6-11-19-18(21)13-7-5-10-16-17(13)20-14-8-3-4-9-15(14)22-16/h3-11,20H,2,12H2,1H3. The molecule has 0 fully saturated rings.